The van der Waals surface area contributed by atoms with E-state index in [1.165, 1.54) is 0 Å². The van der Waals surface area contributed by atoms with Gasteiger partial charge in [-0.05, 0) is 25.0 Å². The van der Waals surface area contributed by atoms with Crippen LogP contribution in [0.4, 0.5) is 0 Å². The zero-order valence-electron chi connectivity index (χ0n) is 10.4. The Labute approximate surface area is 119 Å². The van der Waals surface area contributed by atoms with E-state index in [9.17, 15) is 9.90 Å². The second kappa shape index (κ2) is 4.65. The minimum atomic E-state index is -0.0992. The van der Waals surface area contributed by atoms with Crippen LogP contribution in [0, 0.1) is 5.41 Å². The average Bonchev–Trinajstić information content (AvgIpc) is 3.07. The summed E-state index contributed by atoms with van der Waals surface area (Å²) in [6.07, 6.45) is 3.70. The molecular formula is C14H15BrN2O2. The van der Waals surface area contributed by atoms with Crippen LogP contribution in [0.3, 0.4) is 0 Å². The van der Waals surface area contributed by atoms with Crippen molar-refractivity contribution in [3.8, 4) is 0 Å². The number of aromatic nitrogens is 1. The first-order valence-corrected chi connectivity index (χ1v) is 7.09. The molecule has 19 heavy (non-hydrogen) atoms. The summed E-state index contributed by atoms with van der Waals surface area (Å²) in [5.41, 5.74) is 1.50. The molecule has 0 spiro atoms. The van der Waals surface area contributed by atoms with Gasteiger partial charge in [-0.15, -0.1) is 0 Å². The molecule has 1 aromatic carbocycles. The second-order valence-corrected chi connectivity index (χ2v) is 6.06. The molecule has 3 N–H and O–H groups in total. The number of aliphatic hydroxyl groups is 1. The highest BCUT2D eigenvalue weighted by Crippen LogP contribution is 2.44. The first-order chi connectivity index (χ1) is 9.15. The Balaban J connectivity index is 1.82. The lowest BCUT2D eigenvalue weighted by Crippen LogP contribution is -2.31. The molecule has 1 aliphatic carbocycles. The van der Waals surface area contributed by atoms with E-state index in [1.54, 1.807) is 6.20 Å². The quantitative estimate of drug-likeness (QED) is 0.809. The average molecular weight is 323 g/mol. The van der Waals surface area contributed by atoms with Gasteiger partial charge in [-0.2, -0.15) is 0 Å². The van der Waals surface area contributed by atoms with Crippen LogP contribution < -0.4 is 5.32 Å². The molecule has 1 aliphatic rings. The molecule has 3 rings (SSSR count). The number of hydrogen-bond acceptors (Lipinski definition) is 2. The van der Waals surface area contributed by atoms with Crippen molar-refractivity contribution in [2.24, 2.45) is 5.41 Å². The molecule has 4 nitrogen and oxygen atoms in total. The Morgan fingerprint density at radius 1 is 1.47 bits per heavy atom. The smallest absolute Gasteiger partial charge is 0.253 e. The van der Waals surface area contributed by atoms with Gasteiger partial charge >= 0.3 is 0 Å². The third-order valence-corrected chi connectivity index (χ3v) is 4.48. The topological polar surface area (TPSA) is 65.1 Å². The zero-order chi connectivity index (χ0) is 13.5. The van der Waals surface area contributed by atoms with E-state index < -0.39 is 0 Å². The van der Waals surface area contributed by atoms with E-state index in [0.717, 1.165) is 28.2 Å². The van der Waals surface area contributed by atoms with Gasteiger partial charge in [-0.25, -0.2) is 0 Å². The lowest BCUT2D eigenvalue weighted by Gasteiger charge is -2.12. The Kier molecular flexibility index (Phi) is 3.11. The van der Waals surface area contributed by atoms with Crippen molar-refractivity contribution in [2.75, 3.05) is 13.2 Å². The van der Waals surface area contributed by atoms with Crippen LogP contribution in [-0.2, 0) is 0 Å². The molecule has 100 valence electrons. The summed E-state index contributed by atoms with van der Waals surface area (Å²) < 4.78 is 0.902. The number of carbonyl (C=O) groups is 1. The van der Waals surface area contributed by atoms with E-state index >= 15 is 0 Å². The van der Waals surface area contributed by atoms with Crippen LogP contribution in [-0.4, -0.2) is 29.1 Å². The van der Waals surface area contributed by atoms with E-state index in [1.807, 2.05) is 18.2 Å². The highest BCUT2D eigenvalue weighted by Gasteiger charge is 2.42. The van der Waals surface area contributed by atoms with Crippen molar-refractivity contribution in [3.05, 3.63) is 34.4 Å². The molecule has 0 bridgehead atoms. The Bertz CT molecular complexity index is 631. The third-order valence-electron chi connectivity index (χ3n) is 3.82. The molecule has 5 heteroatoms. The summed E-state index contributed by atoms with van der Waals surface area (Å²) in [6, 6.07) is 5.78. The molecular weight excluding hydrogens is 308 g/mol. The fourth-order valence-corrected chi connectivity index (χ4v) is 2.83. The predicted molar refractivity (Wildman–Crippen MR) is 77.1 cm³/mol. The second-order valence-electron chi connectivity index (χ2n) is 5.21. The number of aromatic amines is 1. The minimum absolute atomic E-state index is 0.0704. The largest absolute Gasteiger partial charge is 0.396 e. The number of H-pyrrole nitrogens is 1. The molecule has 0 radical (unpaired) electrons. The van der Waals surface area contributed by atoms with Crippen LogP contribution in [0.15, 0.2) is 28.9 Å². The first kappa shape index (κ1) is 12.7. The van der Waals surface area contributed by atoms with Crippen LogP contribution in [0.25, 0.3) is 10.9 Å². The lowest BCUT2D eigenvalue weighted by molar-refractivity contribution is 0.0937. The summed E-state index contributed by atoms with van der Waals surface area (Å²) in [7, 11) is 0. The van der Waals surface area contributed by atoms with Crippen molar-refractivity contribution < 1.29 is 9.90 Å². The number of benzene rings is 1. The number of amides is 1. The summed E-state index contributed by atoms with van der Waals surface area (Å²) in [5.74, 6) is -0.0992. The van der Waals surface area contributed by atoms with Gasteiger partial charge in [-0.3, -0.25) is 4.79 Å². The van der Waals surface area contributed by atoms with Crippen molar-refractivity contribution in [3.63, 3.8) is 0 Å². The van der Waals surface area contributed by atoms with Gasteiger partial charge in [0.25, 0.3) is 5.91 Å². The molecule has 0 aliphatic heterocycles. The number of nitrogens with one attached hydrogen (secondary N) is 2. The van der Waals surface area contributed by atoms with Crippen LogP contribution >= 0.6 is 15.9 Å². The fraction of sp³-hybridized carbons (Fsp3) is 0.357. The predicted octanol–water partition coefficient (Wildman–Crippen LogP) is 2.43. The highest BCUT2D eigenvalue weighted by atomic mass is 79.9. The zero-order valence-corrected chi connectivity index (χ0v) is 12.0. The Morgan fingerprint density at radius 2 is 2.26 bits per heavy atom. The molecule has 0 unspecified atom stereocenters. The van der Waals surface area contributed by atoms with Crippen molar-refractivity contribution in [1.82, 2.24) is 10.3 Å². The van der Waals surface area contributed by atoms with Gasteiger partial charge in [-0.1, -0.05) is 22.0 Å². The summed E-state index contributed by atoms with van der Waals surface area (Å²) in [5, 5.41) is 13.1. The first-order valence-electron chi connectivity index (χ1n) is 6.30. The standard InChI is InChI=1S/C14H15BrN2O2/c15-10-2-1-3-11-12(10)9(6-16-11)13(19)17-7-14(8-18)4-5-14/h1-3,6,16,18H,4-5,7-8H2,(H,17,19). The normalized spacial score (nSPS) is 16.5. The molecule has 1 fully saturated rings. The lowest BCUT2D eigenvalue weighted by atomic mass is 10.1. The summed E-state index contributed by atoms with van der Waals surface area (Å²) >= 11 is 3.47. The number of halogens is 1. The SMILES string of the molecule is O=C(NCC1(CO)CC1)c1c[nH]c2cccc(Br)c12. The van der Waals surface area contributed by atoms with Crippen LogP contribution in [0.2, 0.25) is 0 Å². The monoisotopic (exact) mass is 322 g/mol. The molecule has 0 atom stereocenters. The van der Waals surface area contributed by atoms with Gasteiger partial charge < -0.3 is 15.4 Å². The van der Waals surface area contributed by atoms with Gasteiger partial charge in [0.15, 0.2) is 0 Å². The summed E-state index contributed by atoms with van der Waals surface area (Å²) in [4.78, 5) is 15.3. The maximum absolute atomic E-state index is 12.2. The van der Waals surface area contributed by atoms with Crippen LogP contribution in [0.1, 0.15) is 23.2 Å². The number of aliphatic hydroxyl groups excluding tert-OH is 1. The van der Waals surface area contributed by atoms with Crippen molar-refractivity contribution in [2.45, 2.75) is 12.8 Å². The van der Waals surface area contributed by atoms with Gasteiger partial charge in [0, 0.05) is 33.5 Å². The van der Waals surface area contributed by atoms with Gasteiger partial charge in [0.1, 0.15) is 0 Å². The highest BCUT2D eigenvalue weighted by molar-refractivity contribution is 9.10. The van der Waals surface area contributed by atoms with Crippen molar-refractivity contribution >= 4 is 32.7 Å². The van der Waals surface area contributed by atoms with Crippen molar-refractivity contribution in [1.29, 1.82) is 0 Å². The molecule has 1 saturated carbocycles. The third kappa shape index (κ3) is 2.28. The molecule has 2 aromatic rings. The van der Waals surface area contributed by atoms with E-state index in [4.69, 9.17) is 0 Å². The molecule has 1 aromatic heterocycles. The number of carbonyl (C=O) groups excluding carboxylic acids is 1. The van der Waals surface area contributed by atoms with E-state index in [0.29, 0.717) is 12.1 Å². The summed E-state index contributed by atoms with van der Waals surface area (Å²) in [6.45, 7) is 0.685. The number of rotatable bonds is 4. The number of fused-ring (bicyclic) bond motifs is 1. The maximum atomic E-state index is 12.2. The Morgan fingerprint density at radius 3 is 2.95 bits per heavy atom. The molecule has 0 saturated heterocycles. The van der Waals surface area contributed by atoms with E-state index in [-0.39, 0.29) is 17.9 Å². The Hall–Kier alpha value is -1.33. The van der Waals surface area contributed by atoms with Crippen LogP contribution in [0.5, 0.6) is 0 Å². The molecule has 1 amide bonds. The van der Waals surface area contributed by atoms with E-state index in [2.05, 4.69) is 26.2 Å². The fourth-order valence-electron chi connectivity index (χ4n) is 2.25. The maximum Gasteiger partial charge on any atom is 0.253 e. The number of hydrogen-bond donors (Lipinski definition) is 3. The molecule has 1 heterocycles. The minimum Gasteiger partial charge on any atom is -0.396 e. The van der Waals surface area contributed by atoms with Gasteiger partial charge in [0.2, 0.25) is 0 Å². The van der Waals surface area contributed by atoms with Gasteiger partial charge in [0.05, 0.1) is 12.2 Å².